The van der Waals surface area contributed by atoms with Crippen molar-refractivity contribution in [2.75, 3.05) is 6.61 Å². The van der Waals surface area contributed by atoms with E-state index in [4.69, 9.17) is 4.74 Å². The SMILES string of the molecule is OC1CCOC2(C1)CC1CC1C2. The maximum absolute atomic E-state index is 9.56. The highest BCUT2D eigenvalue weighted by Crippen LogP contribution is 2.59. The van der Waals surface area contributed by atoms with Gasteiger partial charge in [0, 0.05) is 13.0 Å². The van der Waals surface area contributed by atoms with Crippen LogP contribution in [0.5, 0.6) is 0 Å². The van der Waals surface area contributed by atoms with E-state index in [-0.39, 0.29) is 11.7 Å². The van der Waals surface area contributed by atoms with E-state index in [1.165, 1.54) is 19.3 Å². The van der Waals surface area contributed by atoms with E-state index >= 15 is 0 Å². The molecule has 1 spiro atoms. The molecule has 3 aliphatic rings. The standard InChI is InChI=1S/C10H16O2/c11-9-1-2-12-10(6-9)4-7-3-8(7)5-10/h7-9,11H,1-6H2. The van der Waals surface area contributed by atoms with Gasteiger partial charge in [-0.3, -0.25) is 0 Å². The fraction of sp³-hybridized carbons (Fsp3) is 1.00. The molecular formula is C10H16O2. The van der Waals surface area contributed by atoms with E-state index in [2.05, 4.69) is 0 Å². The Bertz CT molecular complexity index is 192. The molecule has 0 aromatic rings. The van der Waals surface area contributed by atoms with Crippen LogP contribution in [0, 0.1) is 11.8 Å². The lowest BCUT2D eigenvalue weighted by Crippen LogP contribution is -2.40. The zero-order valence-corrected chi connectivity index (χ0v) is 7.33. The summed E-state index contributed by atoms with van der Waals surface area (Å²) in [7, 11) is 0. The van der Waals surface area contributed by atoms with Gasteiger partial charge in [0.2, 0.25) is 0 Å². The fourth-order valence-corrected chi connectivity index (χ4v) is 3.14. The van der Waals surface area contributed by atoms with Gasteiger partial charge in [-0.25, -0.2) is 0 Å². The van der Waals surface area contributed by atoms with Gasteiger partial charge in [-0.2, -0.15) is 0 Å². The predicted octanol–water partition coefficient (Wildman–Crippen LogP) is 1.33. The van der Waals surface area contributed by atoms with Crippen LogP contribution in [0.4, 0.5) is 0 Å². The van der Waals surface area contributed by atoms with Crippen LogP contribution >= 0.6 is 0 Å². The minimum Gasteiger partial charge on any atom is -0.393 e. The second kappa shape index (κ2) is 2.24. The van der Waals surface area contributed by atoms with E-state index < -0.39 is 0 Å². The van der Waals surface area contributed by atoms with E-state index in [1.54, 1.807) is 0 Å². The first kappa shape index (κ1) is 7.34. The van der Waals surface area contributed by atoms with E-state index in [0.29, 0.717) is 0 Å². The first-order chi connectivity index (χ1) is 5.77. The van der Waals surface area contributed by atoms with Crippen LogP contribution in [0.25, 0.3) is 0 Å². The molecule has 2 nitrogen and oxygen atoms in total. The van der Waals surface area contributed by atoms with Gasteiger partial charge >= 0.3 is 0 Å². The molecule has 3 rings (SSSR count). The first-order valence-corrected chi connectivity index (χ1v) is 5.09. The van der Waals surface area contributed by atoms with Crippen LogP contribution in [-0.2, 0) is 4.74 Å². The van der Waals surface area contributed by atoms with Crippen molar-refractivity contribution < 1.29 is 9.84 Å². The molecule has 68 valence electrons. The zero-order chi connectivity index (χ0) is 8.18. The minimum atomic E-state index is -0.0868. The molecule has 1 N–H and O–H groups in total. The van der Waals surface area contributed by atoms with Gasteiger partial charge in [-0.05, 0) is 37.5 Å². The fourth-order valence-electron chi connectivity index (χ4n) is 3.14. The molecule has 0 aromatic heterocycles. The zero-order valence-electron chi connectivity index (χ0n) is 7.33. The van der Waals surface area contributed by atoms with Gasteiger partial charge in [0.05, 0.1) is 11.7 Å². The van der Waals surface area contributed by atoms with Gasteiger partial charge in [-0.1, -0.05) is 0 Å². The average Bonchev–Trinajstić information content (AvgIpc) is 2.59. The molecule has 2 saturated carbocycles. The summed E-state index contributed by atoms with van der Waals surface area (Å²) in [5.41, 5.74) is 0.116. The van der Waals surface area contributed by atoms with Gasteiger partial charge < -0.3 is 9.84 Å². The number of fused-ring (bicyclic) bond motifs is 1. The molecule has 12 heavy (non-hydrogen) atoms. The summed E-state index contributed by atoms with van der Waals surface area (Å²) >= 11 is 0. The van der Waals surface area contributed by atoms with Crippen LogP contribution in [0.3, 0.4) is 0 Å². The molecule has 1 saturated heterocycles. The molecule has 3 fully saturated rings. The van der Waals surface area contributed by atoms with Crippen molar-refractivity contribution in [3.63, 3.8) is 0 Å². The highest BCUT2D eigenvalue weighted by atomic mass is 16.5. The summed E-state index contributed by atoms with van der Waals surface area (Å²) in [5.74, 6) is 1.91. The van der Waals surface area contributed by atoms with E-state index in [0.717, 1.165) is 31.3 Å². The summed E-state index contributed by atoms with van der Waals surface area (Å²) in [5, 5.41) is 9.56. The molecule has 0 aromatic carbocycles. The predicted molar refractivity (Wildman–Crippen MR) is 44.8 cm³/mol. The van der Waals surface area contributed by atoms with Crippen molar-refractivity contribution in [3.05, 3.63) is 0 Å². The molecule has 0 bridgehead atoms. The van der Waals surface area contributed by atoms with Crippen LogP contribution in [0.1, 0.15) is 32.1 Å². The summed E-state index contributed by atoms with van der Waals surface area (Å²) in [6.07, 6.45) is 5.55. The Morgan fingerprint density at radius 1 is 1.17 bits per heavy atom. The lowest BCUT2D eigenvalue weighted by molar-refractivity contribution is -0.119. The Morgan fingerprint density at radius 2 is 1.92 bits per heavy atom. The molecule has 2 aliphatic carbocycles. The van der Waals surface area contributed by atoms with Crippen molar-refractivity contribution in [2.45, 2.75) is 43.8 Å². The number of ether oxygens (including phenoxy) is 1. The highest BCUT2D eigenvalue weighted by Gasteiger charge is 2.55. The van der Waals surface area contributed by atoms with Gasteiger partial charge in [0.25, 0.3) is 0 Å². The van der Waals surface area contributed by atoms with Crippen LogP contribution < -0.4 is 0 Å². The Balaban J connectivity index is 1.73. The summed E-state index contributed by atoms with van der Waals surface area (Å²) in [6.45, 7) is 0.778. The van der Waals surface area contributed by atoms with Crippen LogP contribution in [0.15, 0.2) is 0 Å². The third kappa shape index (κ3) is 1.01. The third-order valence-corrected chi connectivity index (χ3v) is 3.80. The molecule has 3 unspecified atom stereocenters. The van der Waals surface area contributed by atoms with Crippen molar-refractivity contribution >= 4 is 0 Å². The number of rotatable bonds is 0. The van der Waals surface area contributed by atoms with Crippen molar-refractivity contribution in [1.82, 2.24) is 0 Å². The Morgan fingerprint density at radius 3 is 2.58 bits per heavy atom. The van der Waals surface area contributed by atoms with Gasteiger partial charge in [-0.15, -0.1) is 0 Å². The molecule has 1 aliphatic heterocycles. The second-order valence-electron chi connectivity index (χ2n) is 4.84. The topological polar surface area (TPSA) is 29.5 Å². The Kier molecular flexibility index (Phi) is 1.37. The maximum atomic E-state index is 9.56. The lowest BCUT2D eigenvalue weighted by Gasteiger charge is -2.37. The van der Waals surface area contributed by atoms with Crippen LogP contribution in [-0.4, -0.2) is 23.4 Å². The molecule has 0 amide bonds. The molecule has 2 heteroatoms. The molecule has 1 heterocycles. The van der Waals surface area contributed by atoms with E-state index in [9.17, 15) is 5.11 Å². The second-order valence-corrected chi connectivity index (χ2v) is 4.84. The molecule has 0 radical (unpaired) electrons. The summed E-state index contributed by atoms with van der Waals surface area (Å²) < 4.78 is 5.84. The minimum absolute atomic E-state index is 0.0868. The summed E-state index contributed by atoms with van der Waals surface area (Å²) in [4.78, 5) is 0. The summed E-state index contributed by atoms with van der Waals surface area (Å²) in [6, 6.07) is 0. The molecular weight excluding hydrogens is 152 g/mol. The van der Waals surface area contributed by atoms with Crippen molar-refractivity contribution in [3.8, 4) is 0 Å². The van der Waals surface area contributed by atoms with Crippen LogP contribution in [0.2, 0.25) is 0 Å². The van der Waals surface area contributed by atoms with Crippen molar-refractivity contribution in [2.24, 2.45) is 11.8 Å². The lowest BCUT2D eigenvalue weighted by atomic mass is 9.87. The number of hydrogen-bond acceptors (Lipinski definition) is 2. The van der Waals surface area contributed by atoms with Gasteiger partial charge in [0.15, 0.2) is 0 Å². The Hall–Kier alpha value is -0.0800. The smallest absolute Gasteiger partial charge is 0.0712 e. The van der Waals surface area contributed by atoms with E-state index in [1.807, 2.05) is 0 Å². The average molecular weight is 168 g/mol. The number of hydrogen-bond donors (Lipinski definition) is 1. The number of aliphatic hydroxyl groups excluding tert-OH is 1. The monoisotopic (exact) mass is 168 g/mol. The number of aliphatic hydroxyl groups is 1. The quantitative estimate of drug-likeness (QED) is 0.591. The highest BCUT2D eigenvalue weighted by molar-refractivity contribution is 5.06. The largest absolute Gasteiger partial charge is 0.393 e. The van der Waals surface area contributed by atoms with Gasteiger partial charge in [0.1, 0.15) is 0 Å². The Labute approximate surface area is 72.9 Å². The first-order valence-electron chi connectivity index (χ1n) is 5.09. The maximum Gasteiger partial charge on any atom is 0.0712 e. The third-order valence-electron chi connectivity index (χ3n) is 3.80. The normalized spacial score (nSPS) is 57.2. The molecule has 3 atom stereocenters. The van der Waals surface area contributed by atoms with Crippen molar-refractivity contribution in [1.29, 1.82) is 0 Å².